The molecule has 0 aromatic heterocycles. The fourth-order valence-electron chi connectivity index (χ4n) is 2.47. The van der Waals surface area contributed by atoms with E-state index < -0.39 is 17.8 Å². The SMILES string of the molecule is C=CC(=O)Nc1cc(NC(=O)C2Cc3cc(Br)ccc3O2)ccc1F. The highest BCUT2D eigenvalue weighted by Gasteiger charge is 2.29. The number of halogens is 2. The van der Waals surface area contributed by atoms with E-state index in [1.165, 1.54) is 12.1 Å². The smallest absolute Gasteiger partial charge is 0.265 e. The molecular weight excluding hydrogens is 391 g/mol. The van der Waals surface area contributed by atoms with Gasteiger partial charge in [0, 0.05) is 16.6 Å². The standard InChI is InChI=1S/C18H14BrFN2O3/c1-2-17(23)22-14-9-12(4-5-13(14)20)21-18(24)16-8-10-7-11(19)3-6-15(10)25-16/h2-7,9,16H,1,8H2,(H,21,24)(H,22,23). The molecule has 25 heavy (non-hydrogen) atoms. The molecule has 0 aliphatic carbocycles. The lowest BCUT2D eigenvalue weighted by atomic mass is 10.1. The third-order valence-electron chi connectivity index (χ3n) is 3.67. The third-order valence-corrected chi connectivity index (χ3v) is 4.16. The van der Waals surface area contributed by atoms with Gasteiger partial charge in [-0.25, -0.2) is 4.39 Å². The summed E-state index contributed by atoms with van der Waals surface area (Å²) in [7, 11) is 0. The summed E-state index contributed by atoms with van der Waals surface area (Å²) in [5, 5.41) is 5.02. The molecule has 1 heterocycles. The Hall–Kier alpha value is -2.67. The quantitative estimate of drug-likeness (QED) is 0.764. The maximum Gasteiger partial charge on any atom is 0.265 e. The largest absolute Gasteiger partial charge is 0.480 e. The Bertz CT molecular complexity index is 869. The molecule has 5 nitrogen and oxygen atoms in total. The van der Waals surface area contributed by atoms with Crippen LogP contribution in [0, 0.1) is 5.82 Å². The molecule has 2 aromatic rings. The van der Waals surface area contributed by atoms with Gasteiger partial charge in [0.15, 0.2) is 6.10 Å². The van der Waals surface area contributed by atoms with Crippen LogP contribution in [0.4, 0.5) is 15.8 Å². The van der Waals surface area contributed by atoms with Gasteiger partial charge in [-0.05, 0) is 48.0 Å². The van der Waals surface area contributed by atoms with E-state index in [-0.39, 0.29) is 11.6 Å². The van der Waals surface area contributed by atoms with E-state index in [2.05, 4.69) is 33.1 Å². The van der Waals surface area contributed by atoms with Crippen molar-refractivity contribution in [3.05, 3.63) is 64.9 Å². The summed E-state index contributed by atoms with van der Waals surface area (Å²) in [6.07, 6.45) is 0.814. The Morgan fingerprint density at radius 2 is 2.04 bits per heavy atom. The van der Waals surface area contributed by atoms with Crippen LogP contribution in [0.15, 0.2) is 53.5 Å². The van der Waals surface area contributed by atoms with Gasteiger partial charge in [0.2, 0.25) is 5.91 Å². The van der Waals surface area contributed by atoms with Crippen molar-refractivity contribution in [1.29, 1.82) is 0 Å². The second kappa shape index (κ2) is 7.06. The first-order valence-electron chi connectivity index (χ1n) is 7.45. The van der Waals surface area contributed by atoms with Crippen molar-refractivity contribution in [3.8, 4) is 5.75 Å². The molecule has 0 saturated heterocycles. The Balaban J connectivity index is 1.70. The molecule has 3 rings (SSSR count). The lowest BCUT2D eigenvalue weighted by molar-refractivity contribution is -0.122. The average Bonchev–Trinajstić information content (AvgIpc) is 3.01. The second-order valence-corrected chi connectivity index (χ2v) is 6.36. The number of carbonyl (C=O) groups excluding carboxylic acids is 2. The highest BCUT2D eigenvalue weighted by Crippen LogP contribution is 2.31. The molecule has 7 heteroatoms. The van der Waals surface area contributed by atoms with E-state index in [9.17, 15) is 14.0 Å². The minimum Gasteiger partial charge on any atom is -0.480 e. The molecule has 2 amide bonds. The zero-order valence-corrected chi connectivity index (χ0v) is 14.6. The van der Waals surface area contributed by atoms with Crippen molar-refractivity contribution in [2.75, 3.05) is 10.6 Å². The minimum absolute atomic E-state index is 0.0396. The molecule has 2 N–H and O–H groups in total. The number of rotatable bonds is 4. The second-order valence-electron chi connectivity index (χ2n) is 5.44. The van der Waals surface area contributed by atoms with Crippen LogP contribution in [-0.2, 0) is 16.0 Å². The summed E-state index contributed by atoms with van der Waals surface area (Å²) in [6, 6.07) is 9.46. The first kappa shape index (κ1) is 17.2. The lowest BCUT2D eigenvalue weighted by Crippen LogP contribution is -2.31. The normalized spacial score (nSPS) is 15.0. The van der Waals surface area contributed by atoms with Gasteiger partial charge in [0.25, 0.3) is 5.91 Å². The van der Waals surface area contributed by atoms with Gasteiger partial charge in [0.05, 0.1) is 5.69 Å². The molecule has 1 atom stereocenters. The predicted molar refractivity (Wildman–Crippen MR) is 96.1 cm³/mol. The number of fused-ring (bicyclic) bond motifs is 1. The number of nitrogens with one attached hydrogen (secondary N) is 2. The van der Waals surface area contributed by atoms with Gasteiger partial charge in [-0.15, -0.1) is 0 Å². The van der Waals surface area contributed by atoms with Crippen LogP contribution in [0.1, 0.15) is 5.56 Å². The maximum atomic E-state index is 13.7. The molecule has 0 bridgehead atoms. The van der Waals surface area contributed by atoms with Gasteiger partial charge >= 0.3 is 0 Å². The summed E-state index contributed by atoms with van der Waals surface area (Å²) < 4.78 is 20.3. The van der Waals surface area contributed by atoms with Crippen LogP contribution in [-0.4, -0.2) is 17.9 Å². The number of carbonyl (C=O) groups is 2. The number of benzene rings is 2. The van der Waals surface area contributed by atoms with E-state index >= 15 is 0 Å². The van der Waals surface area contributed by atoms with Crippen LogP contribution in [0.25, 0.3) is 0 Å². The number of amides is 2. The lowest BCUT2D eigenvalue weighted by Gasteiger charge is -2.13. The molecule has 1 aliphatic rings. The average molecular weight is 405 g/mol. The van der Waals surface area contributed by atoms with Gasteiger partial charge in [0.1, 0.15) is 11.6 Å². The topological polar surface area (TPSA) is 67.4 Å². The Morgan fingerprint density at radius 1 is 1.24 bits per heavy atom. The molecule has 0 radical (unpaired) electrons. The van der Waals surface area contributed by atoms with E-state index in [1.807, 2.05) is 12.1 Å². The van der Waals surface area contributed by atoms with Crippen LogP contribution in [0.2, 0.25) is 0 Å². The molecule has 1 unspecified atom stereocenters. The maximum absolute atomic E-state index is 13.7. The summed E-state index contributed by atoms with van der Waals surface area (Å²) in [6.45, 7) is 3.31. The number of ether oxygens (including phenoxy) is 1. The number of hydrogen-bond donors (Lipinski definition) is 2. The summed E-state index contributed by atoms with van der Waals surface area (Å²) in [5.74, 6) is -0.827. The number of hydrogen-bond acceptors (Lipinski definition) is 3. The van der Waals surface area contributed by atoms with Crippen LogP contribution in [0.3, 0.4) is 0 Å². The van der Waals surface area contributed by atoms with Gasteiger partial charge < -0.3 is 15.4 Å². The minimum atomic E-state index is -0.666. The summed E-state index contributed by atoms with van der Waals surface area (Å²) in [4.78, 5) is 23.7. The Kier molecular flexibility index (Phi) is 4.85. The molecule has 1 aliphatic heterocycles. The van der Waals surface area contributed by atoms with E-state index in [1.54, 1.807) is 6.07 Å². The van der Waals surface area contributed by atoms with Crippen LogP contribution in [0.5, 0.6) is 5.75 Å². The van der Waals surface area contributed by atoms with Gasteiger partial charge in [-0.3, -0.25) is 9.59 Å². The van der Waals surface area contributed by atoms with Gasteiger partial charge in [-0.1, -0.05) is 22.5 Å². The molecule has 0 saturated carbocycles. The predicted octanol–water partition coefficient (Wildman–Crippen LogP) is 3.65. The van der Waals surface area contributed by atoms with E-state index in [0.717, 1.165) is 22.2 Å². The highest BCUT2D eigenvalue weighted by molar-refractivity contribution is 9.10. The monoisotopic (exact) mass is 404 g/mol. The van der Waals surface area contributed by atoms with Crippen molar-refractivity contribution in [1.82, 2.24) is 0 Å². The number of anilines is 2. The first-order chi connectivity index (χ1) is 12.0. The molecule has 0 spiro atoms. The molecule has 128 valence electrons. The molecule has 0 fully saturated rings. The van der Waals surface area contributed by atoms with Crippen LogP contribution >= 0.6 is 15.9 Å². The van der Waals surface area contributed by atoms with Crippen molar-refractivity contribution in [3.63, 3.8) is 0 Å². The first-order valence-corrected chi connectivity index (χ1v) is 8.24. The van der Waals surface area contributed by atoms with Crippen LogP contribution < -0.4 is 15.4 Å². The fraction of sp³-hybridized carbons (Fsp3) is 0.111. The highest BCUT2D eigenvalue weighted by atomic mass is 79.9. The van der Waals surface area contributed by atoms with Gasteiger partial charge in [-0.2, -0.15) is 0 Å². The zero-order valence-electron chi connectivity index (χ0n) is 13.0. The molecule has 2 aromatic carbocycles. The Labute approximate surface area is 152 Å². The molecular formula is C18H14BrFN2O3. The fourth-order valence-corrected chi connectivity index (χ4v) is 2.88. The van der Waals surface area contributed by atoms with Crippen molar-refractivity contribution < 1.29 is 18.7 Å². The van der Waals surface area contributed by atoms with E-state index in [4.69, 9.17) is 4.74 Å². The zero-order chi connectivity index (χ0) is 18.0. The van der Waals surface area contributed by atoms with Crippen molar-refractivity contribution in [2.45, 2.75) is 12.5 Å². The Morgan fingerprint density at radius 3 is 2.80 bits per heavy atom. The van der Waals surface area contributed by atoms with Crippen molar-refractivity contribution >= 4 is 39.1 Å². The van der Waals surface area contributed by atoms with Crippen molar-refractivity contribution in [2.24, 2.45) is 0 Å². The third kappa shape index (κ3) is 3.88. The summed E-state index contributed by atoms with van der Waals surface area (Å²) in [5.41, 5.74) is 1.25. The van der Waals surface area contributed by atoms with E-state index in [0.29, 0.717) is 17.9 Å². The summed E-state index contributed by atoms with van der Waals surface area (Å²) >= 11 is 3.38.